The first-order chi connectivity index (χ1) is 6.12. The van der Waals surface area contributed by atoms with Gasteiger partial charge in [-0.3, -0.25) is 0 Å². The second kappa shape index (κ2) is 2.81. The maximum absolute atomic E-state index is 10.9. The highest BCUT2D eigenvalue weighted by Gasteiger charge is 2.61. The van der Waals surface area contributed by atoms with E-state index in [-0.39, 0.29) is 0 Å². The highest BCUT2D eigenvalue weighted by molar-refractivity contribution is 5.64. The highest BCUT2D eigenvalue weighted by Crippen LogP contribution is 2.58. The molecule has 13 heavy (non-hydrogen) atoms. The molecule has 0 radical (unpaired) electrons. The molecule has 0 saturated heterocycles. The maximum Gasteiger partial charge on any atom is 0.128 e. The molecule has 3 atom stereocenters. The fourth-order valence-electron chi connectivity index (χ4n) is 3.14. The normalized spacial score (nSPS) is 50.2. The Morgan fingerprint density at radius 1 is 1.38 bits per heavy atom. The van der Waals surface area contributed by atoms with Gasteiger partial charge in [0.1, 0.15) is 6.29 Å². The van der Waals surface area contributed by atoms with Crippen molar-refractivity contribution >= 4 is 6.29 Å². The first kappa shape index (κ1) is 9.20. The largest absolute Gasteiger partial charge is 0.389 e. The molecule has 2 unspecified atom stereocenters. The molecule has 2 aliphatic rings. The van der Waals surface area contributed by atoms with Crippen molar-refractivity contribution in [3.63, 3.8) is 0 Å². The third-order valence-corrected chi connectivity index (χ3v) is 4.21. The number of rotatable bonds is 1. The summed E-state index contributed by atoms with van der Waals surface area (Å²) in [5.74, 6) is 0.394. The molecule has 0 aliphatic heterocycles. The van der Waals surface area contributed by atoms with Gasteiger partial charge in [0.15, 0.2) is 0 Å². The summed E-state index contributed by atoms with van der Waals surface area (Å²) in [6.07, 6.45) is 7.32. The Balaban J connectivity index is 2.20. The van der Waals surface area contributed by atoms with Gasteiger partial charge in [-0.2, -0.15) is 0 Å². The summed E-state index contributed by atoms with van der Waals surface area (Å²) in [7, 11) is 0. The van der Waals surface area contributed by atoms with Crippen molar-refractivity contribution in [2.24, 2.45) is 11.3 Å². The quantitative estimate of drug-likeness (QED) is 0.629. The molecular weight excluding hydrogens is 164 g/mol. The predicted octanol–water partition coefficient (Wildman–Crippen LogP) is 1.91. The standard InChI is InChI=1S/C11H18O2/c1-10(8-12)7-9-5-3-2-4-6-11(9,10)13/h8-9,13H,2-7H2,1H3/t9?,10-,11?/m1/s1. The molecule has 2 saturated carbocycles. The van der Waals surface area contributed by atoms with Crippen LogP contribution >= 0.6 is 0 Å². The fraction of sp³-hybridized carbons (Fsp3) is 0.909. The minimum atomic E-state index is -0.661. The number of aliphatic hydroxyl groups is 1. The summed E-state index contributed by atoms with van der Waals surface area (Å²) in [6.45, 7) is 1.90. The van der Waals surface area contributed by atoms with E-state index in [0.717, 1.165) is 32.0 Å². The van der Waals surface area contributed by atoms with Gasteiger partial charge in [0.25, 0.3) is 0 Å². The zero-order valence-corrected chi connectivity index (χ0v) is 8.25. The fourth-order valence-corrected chi connectivity index (χ4v) is 3.14. The van der Waals surface area contributed by atoms with E-state index in [4.69, 9.17) is 0 Å². The second-order valence-electron chi connectivity index (χ2n) is 4.96. The van der Waals surface area contributed by atoms with Gasteiger partial charge in [0.2, 0.25) is 0 Å². The van der Waals surface area contributed by atoms with Gasteiger partial charge in [-0.15, -0.1) is 0 Å². The van der Waals surface area contributed by atoms with E-state index < -0.39 is 11.0 Å². The van der Waals surface area contributed by atoms with Crippen molar-refractivity contribution in [3.8, 4) is 0 Å². The van der Waals surface area contributed by atoms with E-state index in [9.17, 15) is 9.90 Å². The molecule has 0 aromatic rings. The van der Waals surface area contributed by atoms with Gasteiger partial charge in [0.05, 0.1) is 11.0 Å². The number of fused-ring (bicyclic) bond motifs is 1. The van der Waals surface area contributed by atoms with Gasteiger partial charge in [-0.1, -0.05) is 26.2 Å². The van der Waals surface area contributed by atoms with E-state index in [2.05, 4.69) is 0 Å². The first-order valence-electron chi connectivity index (χ1n) is 5.31. The van der Waals surface area contributed by atoms with Crippen molar-refractivity contribution < 1.29 is 9.90 Å². The van der Waals surface area contributed by atoms with E-state index in [1.165, 1.54) is 12.8 Å². The molecule has 2 heteroatoms. The average molecular weight is 182 g/mol. The molecule has 2 rings (SSSR count). The Bertz CT molecular complexity index is 226. The number of aldehydes is 1. The van der Waals surface area contributed by atoms with Gasteiger partial charge >= 0.3 is 0 Å². The van der Waals surface area contributed by atoms with Crippen molar-refractivity contribution in [2.75, 3.05) is 0 Å². The molecule has 0 aromatic heterocycles. The van der Waals surface area contributed by atoms with Crippen LogP contribution in [0.1, 0.15) is 45.4 Å². The Kier molecular flexibility index (Phi) is 1.99. The lowest BCUT2D eigenvalue weighted by Gasteiger charge is -2.57. The average Bonchev–Trinajstić information content (AvgIpc) is 2.28. The SMILES string of the molecule is C[C@]1(C=O)CC2CCCCCC21O. The zero-order valence-electron chi connectivity index (χ0n) is 8.25. The second-order valence-corrected chi connectivity index (χ2v) is 4.96. The van der Waals surface area contributed by atoms with Crippen LogP contribution in [0.5, 0.6) is 0 Å². The topological polar surface area (TPSA) is 37.3 Å². The van der Waals surface area contributed by atoms with Crippen LogP contribution in [0.15, 0.2) is 0 Å². The lowest BCUT2D eigenvalue weighted by atomic mass is 9.50. The van der Waals surface area contributed by atoms with Crippen LogP contribution in [-0.4, -0.2) is 17.0 Å². The summed E-state index contributed by atoms with van der Waals surface area (Å²) in [5, 5.41) is 10.4. The lowest BCUT2D eigenvalue weighted by molar-refractivity contribution is -0.202. The number of hydrogen-bond donors (Lipinski definition) is 1. The van der Waals surface area contributed by atoms with E-state index in [0.29, 0.717) is 5.92 Å². The summed E-state index contributed by atoms with van der Waals surface area (Å²) in [5.41, 5.74) is -1.10. The molecule has 2 aliphatic carbocycles. The molecule has 0 amide bonds. The smallest absolute Gasteiger partial charge is 0.128 e. The van der Waals surface area contributed by atoms with Crippen LogP contribution in [0.4, 0.5) is 0 Å². The van der Waals surface area contributed by atoms with Gasteiger partial charge in [-0.05, 0) is 25.2 Å². The summed E-state index contributed by atoms with van der Waals surface area (Å²) in [6, 6.07) is 0. The summed E-state index contributed by atoms with van der Waals surface area (Å²) in [4.78, 5) is 10.9. The minimum absolute atomic E-state index is 0.394. The van der Waals surface area contributed by atoms with Crippen LogP contribution in [0.25, 0.3) is 0 Å². The van der Waals surface area contributed by atoms with Gasteiger partial charge in [0, 0.05) is 0 Å². The Morgan fingerprint density at radius 2 is 2.15 bits per heavy atom. The van der Waals surface area contributed by atoms with Crippen molar-refractivity contribution in [1.29, 1.82) is 0 Å². The minimum Gasteiger partial charge on any atom is -0.389 e. The maximum atomic E-state index is 10.9. The molecule has 0 spiro atoms. The predicted molar refractivity (Wildman–Crippen MR) is 50.3 cm³/mol. The third-order valence-electron chi connectivity index (χ3n) is 4.21. The van der Waals surface area contributed by atoms with Crippen LogP contribution < -0.4 is 0 Å². The summed E-state index contributed by atoms with van der Waals surface area (Å²) >= 11 is 0. The zero-order chi connectivity index (χ0) is 9.53. The molecule has 0 aromatic carbocycles. The van der Waals surface area contributed by atoms with Crippen LogP contribution in [0.3, 0.4) is 0 Å². The van der Waals surface area contributed by atoms with Gasteiger partial charge in [-0.25, -0.2) is 0 Å². The van der Waals surface area contributed by atoms with Crippen molar-refractivity contribution in [1.82, 2.24) is 0 Å². The molecule has 1 N–H and O–H groups in total. The Morgan fingerprint density at radius 3 is 2.85 bits per heavy atom. The van der Waals surface area contributed by atoms with Gasteiger partial charge < -0.3 is 9.90 Å². The molecule has 2 fully saturated rings. The van der Waals surface area contributed by atoms with Crippen molar-refractivity contribution in [3.05, 3.63) is 0 Å². The van der Waals surface area contributed by atoms with Crippen LogP contribution in [0, 0.1) is 11.3 Å². The lowest BCUT2D eigenvalue weighted by Crippen LogP contribution is -2.63. The van der Waals surface area contributed by atoms with E-state index >= 15 is 0 Å². The molecule has 0 heterocycles. The monoisotopic (exact) mass is 182 g/mol. The third kappa shape index (κ3) is 1.08. The van der Waals surface area contributed by atoms with Crippen LogP contribution in [0.2, 0.25) is 0 Å². The highest BCUT2D eigenvalue weighted by atomic mass is 16.3. The van der Waals surface area contributed by atoms with E-state index in [1.54, 1.807) is 0 Å². The molecule has 2 nitrogen and oxygen atoms in total. The van der Waals surface area contributed by atoms with Crippen LogP contribution in [-0.2, 0) is 4.79 Å². The first-order valence-corrected chi connectivity index (χ1v) is 5.31. The summed E-state index contributed by atoms with van der Waals surface area (Å²) < 4.78 is 0. The number of hydrogen-bond acceptors (Lipinski definition) is 2. The number of carbonyl (C=O) groups is 1. The molecule has 0 bridgehead atoms. The number of carbonyl (C=O) groups excluding carboxylic acids is 1. The Labute approximate surface area is 79.3 Å². The van der Waals surface area contributed by atoms with E-state index in [1.807, 2.05) is 6.92 Å². The molecule has 74 valence electrons. The molecular formula is C11H18O2. The van der Waals surface area contributed by atoms with Crippen molar-refractivity contribution in [2.45, 2.75) is 51.0 Å². The Hall–Kier alpha value is -0.370.